The highest BCUT2D eigenvalue weighted by molar-refractivity contribution is 5.88. The number of imidazole rings is 4. The van der Waals surface area contributed by atoms with Gasteiger partial charge in [0.15, 0.2) is 5.69 Å². The summed E-state index contributed by atoms with van der Waals surface area (Å²) in [6.07, 6.45) is 29.3. The monoisotopic (exact) mass is 1360 g/mol. The van der Waals surface area contributed by atoms with Crippen LogP contribution >= 0.6 is 0 Å². The molecular weight excluding hydrogens is 1290 g/mol. The summed E-state index contributed by atoms with van der Waals surface area (Å²) in [6.45, 7) is 14.8. The Balaban J connectivity index is 0.0000000902. The lowest BCUT2D eigenvalue weighted by molar-refractivity contribution is -0.671. The van der Waals surface area contributed by atoms with Crippen LogP contribution in [0, 0.1) is 34.6 Å². The van der Waals surface area contributed by atoms with E-state index in [1.807, 2.05) is 30.7 Å². The second-order valence-electron chi connectivity index (χ2n) is 29.3. The van der Waals surface area contributed by atoms with Crippen LogP contribution in [0.2, 0.25) is 0 Å². The third-order valence-corrected chi connectivity index (χ3v) is 23.2. The Kier molecular flexibility index (Phi) is 13.7. The fraction of sp³-hybridized carbons (Fsp3) is 0.140. The van der Waals surface area contributed by atoms with Gasteiger partial charge >= 0.3 is 0 Å². The van der Waals surface area contributed by atoms with Crippen molar-refractivity contribution in [2.24, 2.45) is 0 Å². The molecule has 0 unspecified atom stereocenters. The zero-order valence-electron chi connectivity index (χ0n) is 59.3. The molecule has 0 fully saturated rings. The van der Waals surface area contributed by atoms with Crippen molar-refractivity contribution in [1.82, 2.24) is 38.2 Å². The van der Waals surface area contributed by atoms with Crippen molar-refractivity contribution in [1.29, 1.82) is 0 Å². The van der Waals surface area contributed by atoms with E-state index in [1.54, 1.807) is 0 Å². The van der Waals surface area contributed by atoms with Crippen LogP contribution in [0.1, 0.15) is 95.1 Å². The van der Waals surface area contributed by atoms with E-state index < -0.39 is 0 Å². The molecule has 0 amide bonds. The molecule has 0 radical (unpaired) electrons. The predicted octanol–water partition coefficient (Wildman–Crippen LogP) is 16.6. The van der Waals surface area contributed by atoms with Crippen LogP contribution in [0.5, 0.6) is 0 Å². The van der Waals surface area contributed by atoms with Gasteiger partial charge in [0.1, 0.15) is 92.8 Å². The molecule has 12 nitrogen and oxygen atoms in total. The summed E-state index contributed by atoms with van der Waals surface area (Å²) >= 11 is 0. The second kappa shape index (κ2) is 23.6. The largest absolute Gasteiger partial charge is 0.294 e. The number of aryl methyl sites for hydroxylation is 4. The number of rotatable bonds is 4. The van der Waals surface area contributed by atoms with Crippen LogP contribution < -0.4 is 18.3 Å². The first-order valence-corrected chi connectivity index (χ1v) is 36.7. The van der Waals surface area contributed by atoms with E-state index >= 15 is 0 Å². The summed E-state index contributed by atoms with van der Waals surface area (Å²) in [6, 6.07) is 67.7. The Bertz CT molecular complexity index is 5930. The Morgan fingerprint density at radius 1 is 0.276 bits per heavy atom. The molecule has 0 saturated carbocycles. The maximum atomic E-state index is 4.76. The summed E-state index contributed by atoms with van der Waals surface area (Å²) in [7, 11) is 0. The predicted molar refractivity (Wildman–Crippen MR) is 410 cm³/mol. The number of aromatic nitrogens is 12. The van der Waals surface area contributed by atoms with Crippen molar-refractivity contribution in [2.75, 3.05) is 0 Å². The van der Waals surface area contributed by atoms with E-state index in [1.165, 1.54) is 202 Å². The summed E-state index contributed by atoms with van der Waals surface area (Å²) in [4.78, 5) is 18.7. The van der Waals surface area contributed by atoms with Gasteiger partial charge in [0.25, 0.3) is 23.3 Å². The molecule has 12 heteroatoms. The number of nitrogens with zero attached hydrogens (tertiary/aromatic N) is 12. The quantitative estimate of drug-likeness (QED) is 0.164. The average molecular weight is 1360 g/mol. The number of pyridine rings is 4. The van der Waals surface area contributed by atoms with Crippen molar-refractivity contribution in [3.63, 3.8) is 0 Å². The van der Waals surface area contributed by atoms with Gasteiger partial charge in [-0.3, -0.25) is 19.9 Å². The first-order valence-electron chi connectivity index (χ1n) is 36.7. The van der Waals surface area contributed by atoms with Gasteiger partial charge in [-0.1, -0.05) is 152 Å². The number of hydrogen-bond acceptors (Lipinski definition) is 4. The normalized spacial score (nSPS) is 13.3. The highest BCUT2D eigenvalue weighted by Gasteiger charge is 2.39. The van der Waals surface area contributed by atoms with Gasteiger partial charge in [-0.15, -0.1) is 0 Å². The summed E-state index contributed by atoms with van der Waals surface area (Å²) in [5.74, 6) is 5.07. The van der Waals surface area contributed by atoms with Gasteiger partial charge in [-0.05, 0) is 127 Å². The van der Waals surface area contributed by atoms with Crippen molar-refractivity contribution in [3.05, 3.63) is 358 Å². The number of hydrogen-bond donors (Lipinski definition) is 0. The fourth-order valence-electron chi connectivity index (χ4n) is 18.7. The summed E-state index contributed by atoms with van der Waals surface area (Å²) < 4.78 is 18.9. The zero-order valence-corrected chi connectivity index (χ0v) is 59.3. The Hall–Kier alpha value is -12.8. The summed E-state index contributed by atoms with van der Waals surface area (Å²) in [5.41, 5.74) is 43.3. The molecule has 0 bridgehead atoms. The van der Waals surface area contributed by atoms with E-state index in [0.29, 0.717) is 0 Å². The molecule has 0 saturated heterocycles. The summed E-state index contributed by atoms with van der Waals surface area (Å²) in [5, 5.41) is 0. The van der Waals surface area contributed by atoms with Gasteiger partial charge in [-0.25, -0.2) is 18.3 Å². The van der Waals surface area contributed by atoms with E-state index in [0.717, 1.165) is 57.6 Å². The molecule has 8 aromatic carbocycles. The Labute approximate surface area is 609 Å². The minimum atomic E-state index is 0.923. The van der Waals surface area contributed by atoms with Crippen LogP contribution in [0.4, 0.5) is 0 Å². The molecule has 16 aromatic rings. The topological polar surface area (TPSA) is 86.8 Å². The first-order chi connectivity index (χ1) is 51.6. The third-order valence-electron chi connectivity index (χ3n) is 23.2. The molecule has 12 heterocycles. The SMILES string of the molecule is Cc1cc2c(c(C)c1-n1cc[n+]3c1-c1ccccc1C3)-c1cccnc1C2.Cc1ccc2c(c1-n1cc[n+]3c1-c1ccccc1C3)-c1cccnc1C2.Cc1cnc2c(c1-n1cc[n+]3c1-c1ccccc1C3)-c1ccccc1C2.Cc1ncc2c(c1-n1cc[n+]3c1-c1ccccc1C3)-c1ccccc1C2. The van der Waals surface area contributed by atoms with Crippen LogP contribution in [-0.4, -0.2) is 38.2 Å². The third kappa shape index (κ3) is 9.38. The van der Waals surface area contributed by atoms with Gasteiger partial charge < -0.3 is 0 Å². The van der Waals surface area contributed by atoms with Crippen molar-refractivity contribution in [3.8, 4) is 113 Å². The fourth-order valence-corrected chi connectivity index (χ4v) is 18.7. The molecule has 4 aliphatic carbocycles. The highest BCUT2D eigenvalue weighted by Crippen LogP contribution is 2.48. The number of fused-ring (bicyclic) bond motifs is 24. The average Bonchev–Trinajstić information content (AvgIpc) is 1.60. The molecule has 502 valence electrons. The van der Waals surface area contributed by atoms with Gasteiger partial charge in [-0.2, -0.15) is 18.3 Å². The number of benzene rings is 8. The van der Waals surface area contributed by atoms with Crippen molar-refractivity contribution >= 4 is 0 Å². The lowest BCUT2D eigenvalue weighted by Gasteiger charge is -2.13. The lowest BCUT2D eigenvalue weighted by Crippen LogP contribution is -2.30. The van der Waals surface area contributed by atoms with Crippen molar-refractivity contribution < 1.29 is 18.3 Å². The zero-order chi connectivity index (χ0) is 69.9. The van der Waals surface area contributed by atoms with Gasteiger partial charge in [0.2, 0.25) is 0 Å². The Morgan fingerprint density at radius 2 is 0.676 bits per heavy atom. The maximum absolute atomic E-state index is 4.76. The van der Waals surface area contributed by atoms with Crippen LogP contribution in [0.3, 0.4) is 0 Å². The van der Waals surface area contributed by atoms with E-state index in [9.17, 15) is 0 Å². The molecule has 0 N–H and O–H groups in total. The van der Waals surface area contributed by atoms with Crippen molar-refractivity contribution in [2.45, 2.75) is 86.5 Å². The van der Waals surface area contributed by atoms with E-state index in [2.05, 4.69) is 313 Å². The van der Waals surface area contributed by atoms with E-state index in [4.69, 9.17) is 9.97 Å². The molecule has 8 aliphatic rings. The van der Waals surface area contributed by atoms with Crippen LogP contribution in [-0.2, 0) is 51.9 Å². The minimum Gasteiger partial charge on any atom is -0.260 e. The van der Waals surface area contributed by atoms with Gasteiger partial charge in [0, 0.05) is 106 Å². The molecule has 4 aliphatic heterocycles. The minimum absolute atomic E-state index is 0.923. The standard InChI is InChI=1S/C24H20N3.3C23H18N3/c1-15-12-18-13-21-20(8-5-9-25-21)22(18)16(2)23(15)27-11-10-26-14-17-6-3-4-7-19(17)24(26)27;1-15-22(21-18(13-24-15)12-16-6-2-4-8-19(16)21)26-11-10-25-14-17-7-3-5-9-20(17)23(25)26;1-15-13-24-20-12-16-6-2-4-8-18(16)21(20)22(15)26-11-10-25-14-17-7-3-5-9-19(17)23(25)26;1-15-8-9-16-13-20-19(7-4-10-24-20)21(16)22(15)26-12-11-25-14-17-5-2-3-6-18(17)23(25)26/h3-12H,13-14H2,1-2H3;2*2-11,13H,12,14H2,1H3;2-12H,13-14H2,1H3/q4*+1. The smallest absolute Gasteiger partial charge is 0.260 e. The highest BCUT2D eigenvalue weighted by atomic mass is 15.2. The van der Waals surface area contributed by atoms with Crippen LogP contribution in [0.15, 0.2) is 262 Å². The molecular formula is C93H74N12+4. The molecule has 105 heavy (non-hydrogen) atoms. The molecule has 0 spiro atoms. The van der Waals surface area contributed by atoms with Gasteiger partial charge in [0.05, 0.1) is 50.6 Å². The second-order valence-corrected chi connectivity index (χ2v) is 29.3. The maximum Gasteiger partial charge on any atom is 0.294 e. The molecule has 24 rings (SSSR count). The molecule has 8 aromatic heterocycles. The molecule has 0 atom stereocenters. The Morgan fingerprint density at radius 3 is 1.20 bits per heavy atom. The van der Waals surface area contributed by atoms with Crippen LogP contribution in [0.25, 0.3) is 113 Å². The first kappa shape index (κ1) is 60.9. The van der Waals surface area contributed by atoms with E-state index in [-0.39, 0.29) is 0 Å². The lowest BCUT2D eigenvalue weighted by atomic mass is 9.95.